The van der Waals surface area contributed by atoms with Gasteiger partial charge in [-0.25, -0.2) is 4.98 Å². The molecular formula is C17H22N2O2S. The summed E-state index contributed by atoms with van der Waals surface area (Å²) in [5.41, 5.74) is 1.28. The first kappa shape index (κ1) is 15.5. The molecule has 22 heavy (non-hydrogen) atoms. The molecule has 0 spiro atoms. The molecule has 1 saturated heterocycles. The Hall–Kier alpha value is -1.43. The summed E-state index contributed by atoms with van der Waals surface area (Å²) < 4.78 is 11.4. The van der Waals surface area contributed by atoms with Crippen LogP contribution in [0.4, 0.5) is 0 Å². The van der Waals surface area contributed by atoms with Crippen molar-refractivity contribution in [3.8, 4) is 5.75 Å². The van der Waals surface area contributed by atoms with E-state index in [2.05, 4.69) is 29.1 Å². The van der Waals surface area contributed by atoms with Crippen LogP contribution in [0.25, 0.3) is 0 Å². The molecule has 2 aromatic rings. The molecule has 0 amide bonds. The Kier molecular flexibility index (Phi) is 5.43. The Morgan fingerprint density at radius 2 is 2.18 bits per heavy atom. The van der Waals surface area contributed by atoms with Crippen molar-refractivity contribution >= 4 is 11.3 Å². The second-order valence-electron chi connectivity index (χ2n) is 5.69. The number of aromatic nitrogens is 1. The second kappa shape index (κ2) is 7.72. The molecule has 3 rings (SSSR count). The Morgan fingerprint density at radius 3 is 2.86 bits per heavy atom. The number of hydrogen-bond donors (Lipinski definition) is 0. The van der Waals surface area contributed by atoms with Crippen LogP contribution in [0.3, 0.4) is 0 Å². The van der Waals surface area contributed by atoms with E-state index in [9.17, 15) is 0 Å². The lowest BCUT2D eigenvalue weighted by Crippen LogP contribution is -2.17. The molecule has 0 radical (unpaired) electrons. The minimum absolute atomic E-state index is 0.268. The van der Waals surface area contributed by atoms with Crippen LogP contribution in [0.2, 0.25) is 0 Å². The maximum atomic E-state index is 5.79. The maximum Gasteiger partial charge on any atom is 0.119 e. The van der Waals surface area contributed by atoms with Crippen LogP contribution in [0.1, 0.15) is 23.4 Å². The van der Waals surface area contributed by atoms with E-state index in [0.717, 1.165) is 43.3 Å². The molecule has 2 heterocycles. The summed E-state index contributed by atoms with van der Waals surface area (Å²) in [7, 11) is 2.11. The molecule has 118 valence electrons. The molecule has 1 aromatic carbocycles. The lowest BCUT2D eigenvalue weighted by Gasteiger charge is -2.16. The summed E-state index contributed by atoms with van der Waals surface area (Å²) in [6.07, 6.45) is 4.38. The van der Waals surface area contributed by atoms with E-state index < -0.39 is 0 Å². The van der Waals surface area contributed by atoms with Crippen LogP contribution in [0.15, 0.2) is 35.8 Å². The van der Waals surface area contributed by atoms with Crippen molar-refractivity contribution < 1.29 is 9.47 Å². The first-order valence-electron chi connectivity index (χ1n) is 7.70. The van der Waals surface area contributed by atoms with Crippen molar-refractivity contribution in [2.45, 2.75) is 32.0 Å². The quantitative estimate of drug-likeness (QED) is 0.784. The molecule has 5 heteroatoms. The van der Waals surface area contributed by atoms with Crippen molar-refractivity contribution in [2.24, 2.45) is 0 Å². The van der Waals surface area contributed by atoms with E-state index in [-0.39, 0.29) is 6.10 Å². The van der Waals surface area contributed by atoms with E-state index in [1.165, 1.54) is 5.56 Å². The van der Waals surface area contributed by atoms with Gasteiger partial charge in [0, 0.05) is 24.7 Å². The SMILES string of the molecule is CN(Cc1ccc(OCC2CCCO2)cc1)Cc1nccs1. The zero-order chi connectivity index (χ0) is 15.2. The van der Waals surface area contributed by atoms with E-state index >= 15 is 0 Å². The van der Waals surface area contributed by atoms with Crippen molar-refractivity contribution in [1.29, 1.82) is 0 Å². The largest absolute Gasteiger partial charge is 0.491 e. The topological polar surface area (TPSA) is 34.6 Å². The van der Waals surface area contributed by atoms with Crippen molar-refractivity contribution in [3.05, 3.63) is 46.4 Å². The highest BCUT2D eigenvalue weighted by molar-refractivity contribution is 7.09. The summed E-state index contributed by atoms with van der Waals surface area (Å²) in [6, 6.07) is 8.34. The molecular weight excluding hydrogens is 296 g/mol. The molecule has 1 atom stereocenters. The third-order valence-corrected chi connectivity index (χ3v) is 4.49. The first-order chi connectivity index (χ1) is 10.8. The van der Waals surface area contributed by atoms with Crippen molar-refractivity contribution in [3.63, 3.8) is 0 Å². The third-order valence-electron chi connectivity index (χ3n) is 3.72. The fourth-order valence-corrected chi connectivity index (χ4v) is 3.28. The number of thiazole rings is 1. The minimum Gasteiger partial charge on any atom is -0.491 e. The Labute approximate surface area is 135 Å². The average molecular weight is 318 g/mol. The fraction of sp³-hybridized carbons (Fsp3) is 0.471. The van der Waals surface area contributed by atoms with Crippen LogP contribution >= 0.6 is 11.3 Å². The summed E-state index contributed by atoms with van der Waals surface area (Å²) in [4.78, 5) is 6.58. The van der Waals surface area contributed by atoms with Crippen LogP contribution in [-0.2, 0) is 17.8 Å². The molecule has 1 aromatic heterocycles. The van der Waals surface area contributed by atoms with Gasteiger partial charge in [-0.2, -0.15) is 0 Å². The van der Waals surface area contributed by atoms with Gasteiger partial charge in [-0.05, 0) is 37.6 Å². The maximum absolute atomic E-state index is 5.79. The molecule has 1 aliphatic rings. The predicted molar refractivity (Wildman–Crippen MR) is 88.2 cm³/mol. The molecule has 0 N–H and O–H groups in total. The zero-order valence-corrected chi connectivity index (χ0v) is 13.7. The van der Waals surface area contributed by atoms with Crippen molar-refractivity contribution in [1.82, 2.24) is 9.88 Å². The number of nitrogens with zero attached hydrogens (tertiary/aromatic N) is 2. The Bertz CT molecular complexity index is 551. The van der Waals surface area contributed by atoms with E-state index in [1.54, 1.807) is 11.3 Å². The van der Waals surface area contributed by atoms with Crippen molar-refractivity contribution in [2.75, 3.05) is 20.3 Å². The first-order valence-corrected chi connectivity index (χ1v) is 8.58. The number of benzene rings is 1. The standard InChI is InChI=1S/C17H22N2O2S/c1-19(12-17-18-8-10-22-17)11-14-4-6-15(7-5-14)21-13-16-3-2-9-20-16/h4-8,10,16H,2-3,9,11-13H2,1H3. The molecule has 0 bridgehead atoms. The predicted octanol–water partition coefficient (Wildman–Crippen LogP) is 3.33. The van der Waals surface area contributed by atoms with Gasteiger partial charge in [0.05, 0.1) is 12.6 Å². The highest BCUT2D eigenvalue weighted by Crippen LogP contribution is 2.17. The van der Waals surface area contributed by atoms with Crippen LogP contribution < -0.4 is 4.74 Å². The molecule has 1 unspecified atom stereocenters. The summed E-state index contributed by atoms with van der Waals surface area (Å²) in [5.74, 6) is 0.918. The van der Waals surface area contributed by atoms with Gasteiger partial charge in [0.25, 0.3) is 0 Å². The molecule has 0 saturated carbocycles. The summed E-state index contributed by atoms with van der Waals surface area (Å²) in [5, 5.41) is 3.17. The number of ether oxygens (including phenoxy) is 2. The highest BCUT2D eigenvalue weighted by Gasteiger charge is 2.15. The smallest absolute Gasteiger partial charge is 0.119 e. The van der Waals surface area contributed by atoms with Gasteiger partial charge >= 0.3 is 0 Å². The number of hydrogen-bond acceptors (Lipinski definition) is 5. The number of rotatable bonds is 7. The lowest BCUT2D eigenvalue weighted by atomic mass is 10.2. The molecule has 0 aliphatic carbocycles. The zero-order valence-electron chi connectivity index (χ0n) is 12.9. The second-order valence-corrected chi connectivity index (χ2v) is 6.67. The Balaban J connectivity index is 1.46. The minimum atomic E-state index is 0.268. The van der Waals surface area contributed by atoms with Gasteiger partial charge in [-0.15, -0.1) is 11.3 Å². The van der Waals surface area contributed by atoms with Crippen LogP contribution in [-0.4, -0.2) is 36.2 Å². The molecule has 4 nitrogen and oxygen atoms in total. The highest BCUT2D eigenvalue weighted by atomic mass is 32.1. The molecule has 1 aliphatic heterocycles. The van der Waals surface area contributed by atoms with Gasteiger partial charge in [0.15, 0.2) is 0 Å². The van der Waals surface area contributed by atoms with Gasteiger partial charge < -0.3 is 9.47 Å². The fourth-order valence-electron chi connectivity index (χ4n) is 2.59. The average Bonchev–Trinajstić information content (AvgIpc) is 3.20. The van der Waals surface area contributed by atoms with Gasteiger partial charge in [-0.1, -0.05) is 12.1 Å². The Morgan fingerprint density at radius 1 is 1.32 bits per heavy atom. The van der Waals surface area contributed by atoms with Crippen LogP contribution in [0, 0.1) is 0 Å². The van der Waals surface area contributed by atoms with Crippen LogP contribution in [0.5, 0.6) is 5.75 Å². The monoisotopic (exact) mass is 318 g/mol. The normalized spacial score (nSPS) is 18.0. The molecule has 1 fully saturated rings. The van der Waals surface area contributed by atoms with Gasteiger partial charge in [0.2, 0.25) is 0 Å². The van der Waals surface area contributed by atoms with Gasteiger partial charge in [-0.3, -0.25) is 4.90 Å². The summed E-state index contributed by atoms with van der Waals surface area (Å²) >= 11 is 1.70. The van der Waals surface area contributed by atoms with Gasteiger partial charge in [0.1, 0.15) is 17.4 Å². The summed E-state index contributed by atoms with van der Waals surface area (Å²) in [6.45, 7) is 3.32. The van der Waals surface area contributed by atoms with E-state index in [1.807, 2.05) is 23.7 Å². The van der Waals surface area contributed by atoms with E-state index in [0.29, 0.717) is 6.61 Å². The third kappa shape index (κ3) is 4.53. The van der Waals surface area contributed by atoms with E-state index in [4.69, 9.17) is 9.47 Å². The lowest BCUT2D eigenvalue weighted by molar-refractivity contribution is 0.0679.